The Morgan fingerprint density at radius 1 is 1.15 bits per heavy atom. The number of rotatable bonds is 12. The van der Waals surface area contributed by atoms with Crippen LogP contribution in [0.2, 0.25) is 0 Å². The molecule has 33 heavy (non-hydrogen) atoms. The van der Waals surface area contributed by atoms with E-state index >= 15 is 0 Å². The molecular formula is C20H37N7O6. The van der Waals surface area contributed by atoms with Gasteiger partial charge in [-0.25, -0.2) is 4.79 Å². The molecule has 1 saturated heterocycles. The summed E-state index contributed by atoms with van der Waals surface area (Å²) in [4.78, 5) is 55.1. The van der Waals surface area contributed by atoms with Crippen molar-refractivity contribution in [1.29, 1.82) is 0 Å². The first-order valence-electron chi connectivity index (χ1n) is 11.0. The molecular weight excluding hydrogens is 434 g/mol. The predicted octanol–water partition coefficient (Wildman–Crippen LogP) is -2.55. The van der Waals surface area contributed by atoms with Crippen LogP contribution in [0.15, 0.2) is 4.99 Å². The maximum absolute atomic E-state index is 13.3. The van der Waals surface area contributed by atoms with Crippen molar-refractivity contribution in [3.05, 3.63) is 0 Å². The minimum absolute atomic E-state index is 0.0916. The number of nitrogens with one attached hydrogen (secondary N) is 2. The third-order valence-electron chi connectivity index (χ3n) is 5.47. The third-order valence-corrected chi connectivity index (χ3v) is 5.47. The standard InChI is InChI=1S/C20H37N7O6/c1-10(2)14(21)17(30)25-12(6-4-8-24-20(22)23)18(31)27-9-5-7-13(27)16(29)26-15(11(3)28)19(32)33/h10-15,28H,4-9,21H2,1-3H3,(H,25,30)(H,26,29)(H,32,33)(H4,22,23,24). The summed E-state index contributed by atoms with van der Waals surface area (Å²) in [5, 5.41) is 23.8. The molecule has 5 atom stereocenters. The smallest absolute Gasteiger partial charge is 0.328 e. The number of hydrogen-bond acceptors (Lipinski definition) is 7. The minimum Gasteiger partial charge on any atom is -0.480 e. The minimum atomic E-state index is -1.51. The predicted molar refractivity (Wildman–Crippen MR) is 121 cm³/mol. The Balaban J connectivity index is 2.99. The fourth-order valence-electron chi connectivity index (χ4n) is 3.47. The second kappa shape index (κ2) is 12.9. The van der Waals surface area contributed by atoms with Crippen LogP contribution in [0.25, 0.3) is 0 Å². The average molecular weight is 472 g/mol. The van der Waals surface area contributed by atoms with Crippen LogP contribution >= 0.6 is 0 Å². The number of carboxylic acid groups (broad SMARTS) is 1. The highest BCUT2D eigenvalue weighted by Crippen LogP contribution is 2.20. The molecule has 0 radical (unpaired) electrons. The summed E-state index contributed by atoms with van der Waals surface area (Å²) < 4.78 is 0. The number of nitrogens with two attached hydrogens (primary N) is 3. The fourth-order valence-corrected chi connectivity index (χ4v) is 3.47. The lowest BCUT2D eigenvalue weighted by atomic mass is 10.0. The second-order valence-electron chi connectivity index (χ2n) is 8.53. The number of hydrogen-bond donors (Lipinski definition) is 7. The summed E-state index contributed by atoms with van der Waals surface area (Å²) in [6.07, 6.45) is 0.124. The lowest BCUT2D eigenvalue weighted by Crippen LogP contribution is -2.58. The van der Waals surface area contributed by atoms with Gasteiger partial charge in [0.15, 0.2) is 12.0 Å². The maximum atomic E-state index is 13.3. The SMILES string of the molecule is CC(C)C(N)C(=O)NC(CCCN=C(N)N)C(=O)N1CCCC1C(=O)NC(C(=O)O)C(C)O. The first-order chi connectivity index (χ1) is 15.4. The highest BCUT2D eigenvalue weighted by Gasteiger charge is 2.39. The van der Waals surface area contributed by atoms with E-state index in [1.165, 1.54) is 11.8 Å². The van der Waals surface area contributed by atoms with E-state index in [1.807, 2.05) is 0 Å². The quantitative estimate of drug-likeness (QED) is 0.0901. The molecule has 5 unspecified atom stereocenters. The van der Waals surface area contributed by atoms with E-state index in [1.54, 1.807) is 13.8 Å². The van der Waals surface area contributed by atoms with Crippen molar-refractivity contribution < 1.29 is 29.4 Å². The van der Waals surface area contributed by atoms with Gasteiger partial charge in [0.1, 0.15) is 12.1 Å². The molecule has 0 aromatic heterocycles. The van der Waals surface area contributed by atoms with Gasteiger partial charge < -0.3 is 42.9 Å². The Morgan fingerprint density at radius 3 is 2.30 bits per heavy atom. The van der Waals surface area contributed by atoms with Crippen molar-refractivity contribution in [2.45, 2.75) is 76.7 Å². The van der Waals surface area contributed by atoms with Gasteiger partial charge in [0, 0.05) is 13.1 Å². The molecule has 10 N–H and O–H groups in total. The number of nitrogens with zero attached hydrogens (tertiary/aromatic N) is 2. The van der Waals surface area contributed by atoms with Gasteiger partial charge in [0.05, 0.1) is 12.1 Å². The summed E-state index contributed by atoms with van der Waals surface area (Å²) in [7, 11) is 0. The van der Waals surface area contributed by atoms with E-state index < -0.39 is 54.0 Å². The highest BCUT2D eigenvalue weighted by molar-refractivity contribution is 5.94. The van der Waals surface area contributed by atoms with E-state index in [9.17, 15) is 29.4 Å². The molecule has 0 aliphatic carbocycles. The molecule has 1 heterocycles. The van der Waals surface area contributed by atoms with E-state index in [4.69, 9.17) is 17.2 Å². The molecule has 0 aromatic carbocycles. The molecule has 0 saturated carbocycles. The first kappa shape index (κ1) is 28.1. The van der Waals surface area contributed by atoms with Crippen molar-refractivity contribution in [2.75, 3.05) is 13.1 Å². The molecule has 0 aromatic rings. The van der Waals surface area contributed by atoms with E-state index in [0.717, 1.165) is 0 Å². The number of aliphatic hydroxyl groups excluding tert-OH is 1. The lowest BCUT2D eigenvalue weighted by Gasteiger charge is -2.30. The lowest BCUT2D eigenvalue weighted by molar-refractivity contribution is -0.147. The summed E-state index contributed by atoms with van der Waals surface area (Å²) in [6.45, 7) is 5.32. The molecule has 1 fully saturated rings. The summed E-state index contributed by atoms with van der Waals surface area (Å²) >= 11 is 0. The number of carboxylic acids is 1. The summed E-state index contributed by atoms with van der Waals surface area (Å²) in [5.74, 6) is -3.29. The van der Waals surface area contributed by atoms with Crippen molar-refractivity contribution in [3.8, 4) is 0 Å². The molecule has 13 heteroatoms. The fraction of sp³-hybridized carbons (Fsp3) is 0.750. The molecule has 0 bridgehead atoms. The summed E-state index contributed by atoms with van der Waals surface area (Å²) in [6, 6.07) is -4.21. The monoisotopic (exact) mass is 471 g/mol. The molecule has 1 aliphatic rings. The zero-order valence-corrected chi connectivity index (χ0v) is 19.4. The van der Waals surface area contributed by atoms with Crippen LogP contribution in [0.5, 0.6) is 0 Å². The van der Waals surface area contributed by atoms with Crippen LogP contribution in [0, 0.1) is 5.92 Å². The molecule has 1 rings (SSSR count). The van der Waals surface area contributed by atoms with Crippen LogP contribution in [0.4, 0.5) is 0 Å². The van der Waals surface area contributed by atoms with Crippen molar-refractivity contribution in [1.82, 2.24) is 15.5 Å². The Kier molecular flexibility index (Phi) is 11.0. The normalized spacial score (nSPS) is 19.3. The zero-order chi connectivity index (χ0) is 25.3. The van der Waals surface area contributed by atoms with Gasteiger partial charge in [0.25, 0.3) is 0 Å². The number of aliphatic carboxylic acids is 1. The largest absolute Gasteiger partial charge is 0.480 e. The maximum Gasteiger partial charge on any atom is 0.328 e. The molecule has 3 amide bonds. The number of aliphatic hydroxyl groups is 1. The van der Waals surface area contributed by atoms with E-state index in [2.05, 4.69) is 15.6 Å². The molecule has 188 valence electrons. The van der Waals surface area contributed by atoms with E-state index in [-0.39, 0.29) is 31.4 Å². The second-order valence-corrected chi connectivity index (χ2v) is 8.53. The van der Waals surface area contributed by atoms with Gasteiger partial charge in [0.2, 0.25) is 17.7 Å². The third kappa shape index (κ3) is 8.50. The van der Waals surface area contributed by atoms with Crippen LogP contribution < -0.4 is 27.8 Å². The number of amides is 3. The van der Waals surface area contributed by atoms with Crippen molar-refractivity contribution >= 4 is 29.7 Å². The zero-order valence-electron chi connectivity index (χ0n) is 19.4. The highest BCUT2D eigenvalue weighted by atomic mass is 16.4. The van der Waals surface area contributed by atoms with Gasteiger partial charge in [-0.15, -0.1) is 0 Å². The first-order valence-corrected chi connectivity index (χ1v) is 11.0. The number of aliphatic imine (C=N–C) groups is 1. The number of guanidine groups is 1. The van der Waals surface area contributed by atoms with Crippen LogP contribution in [0.3, 0.4) is 0 Å². The Labute approximate surface area is 193 Å². The Bertz CT molecular complexity index is 738. The molecule has 1 aliphatic heterocycles. The van der Waals surface area contributed by atoms with Gasteiger partial charge in [-0.2, -0.15) is 0 Å². The van der Waals surface area contributed by atoms with Gasteiger partial charge in [-0.05, 0) is 38.5 Å². The van der Waals surface area contributed by atoms with Crippen molar-refractivity contribution in [3.63, 3.8) is 0 Å². The molecule has 0 spiro atoms. The topological polar surface area (TPSA) is 226 Å². The Morgan fingerprint density at radius 2 is 1.79 bits per heavy atom. The van der Waals surface area contributed by atoms with Crippen LogP contribution in [-0.2, 0) is 19.2 Å². The number of likely N-dealkylation sites (tertiary alicyclic amines) is 1. The van der Waals surface area contributed by atoms with E-state index in [0.29, 0.717) is 19.3 Å². The summed E-state index contributed by atoms with van der Waals surface area (Å²) in [5.41, 5.74) is 16.5. The number of carbonyl (C=O) groups is 4. The number of carbonyl (C=O) groups excluding carboxylic acids is 3. The average Bonchev–Trinajstić information content (AvgIpc) is 3.21. The van der Waals surface area contributed by atoms with Gasteiger partial charge in [-0.1, -0.05) is 13.8 Å². The van der Waals surface area contributed by atoms with Gasteiger partial charge in [-0.3, -0.25) is 19.4 Å². The Hall–Kier alpha value is -2.93. The van der Waals surface area contributed by atoms with Crippen molar-refractivity contribution in [2.24, 2.45) is 28.1 Å². The van der Waals surface area contributed by atoms with Crippen LogP contribution in [0.1, 0.15) is 46.5 Å². The van der Waals surface area contributed by atoms with Crippen LogP contribution in [-0.4, -0.2) is 88.1 Å². The molecule has 13 nitrogen and oxygen atoms in total. The van der Waals surface area contributed by atoms with Gasteiger partial charge >= 0.3 is 5.97 Å².